The molecule has 0 spiro atoms. The van der Waals surface area contributed by atoms with E-state index in [1.807, 2.05) is 30.3 Å². The lowest BCUT2D eigenvalue weighted by Gasteiger charge is -2.10. The Hall–Kier alpha value is -1.39. The number of hydrogen-bond acceptors (Lipinski definition) is 3. The second kappa shape index (κ2) is 6.98. The summed E-state index contributed by atoms with van der Waals surface area (Å²) in [5.74, 6) is 0.0933. The van der Waals surface area contributed by atoms with Crippen LogP contribution in [0.3, 0.4) is 0 Å². The molecule has 1 aromatic rings. The minimum absolute atomic E-state index is 0.0933. The van der Waals surface area contributed by atoms with Gasteiger partial charge in [-0.1, -0.05) is 30.3 Å². The topological polar surface area (TPSA) is 41.6 Å². The first-order valence-corrected chi connectivity index (χ1v) is 5.29. The smallest absolute Gasteiger partial charge is 0.223 e. The predicted molar refractivity (Wildman–Crippen MR) is 62.5 cm³/mol. The summed E-state index contributed by atoms with van der Waals surface area (Å²) in [5, 5.41) is 0. The van der Waals surface area contributed by atoms with Crippen molar-refractivity contribution in [3.05, 3.63) is 35.9 Å². The van der Waals surface area contributed by atoms with Crippen LogP contribution in [0, 0.1) is 0 Å². The van der Waals surface area contributed by atoms with Crippen molar-refractivity contribution in [3.8, 4) is 0 Å². The molecule has 0 aliphatic rings. The van der Waals surface area contributed by atoms with E-state index in [0.29, 0.717) is 19.6 Å². The number of carbonyl (C=O) groups is 1. The summed E-state index contributed by atoms with van der Waals surface area (Å²) in [5.41, 5.74) is 3.88. The fourth-order valence-corrected chi connectivity index (χ4v) is 1.16. The van der Waals surface area contributed by atoms with Crippen molar-refractivity contribution >= 4 is 5.91 Å². The first-order chi connectivity index (χ1) is 7.70. The number of hydroxylamine groups is 1. The highest BCUT2D eigenvalue weighted by molar-refractivity contribution is 5.75. The van der Waals surface area contributed by atoms with E-state index in [1.165, 1.54) is 0 Å². The van der Waals surface area contributed by atoms with Gasteiger partial charge >= 0.3 is 0 Å². The lowest BCUT2D eigenvalue weighted by molar-refractivity contribution is -0.129. The summed E-state index contributed by atoms with van der Waals surface area (Å²) < 4.78 is 0. The molecule has 16 heavy (non-hydrogen) atoms. The van der Waals surface area contributed by atoms with Gasteiger partial charge in [0.2, 0.25) is 5.91 Å². The van der Waals surface area contributed by atoms with Crippen molar-refractivity contribution in [1.82, 2.24) is 10.4 Å². The molecule has 0 radical (unpaired) electrons. The zero-order valence-corrected chi connectivity index (χ0v) is 9.77. The van der Waals surface area contributed by atoms with E-state index in [9.17, 15) is 4.79 Å². The van der Waals surface area contributed by atoms with Gasteiger partial charge in [-0.15, -0.1) is 0 Å². The number of nitrogens with zero attached hydrogens (tertiary/aromatic N) is 1. The van der Waals surface area contributed by atoms with Crippen LogP contribution in [0.5, 0.6) is 0 Å². The van der Waals surface area contributed by atoms with E-state index in [-0.39, 0.29) is 5.91 Å². The van der Waals surface area contributed by atoms with Gasteiger partial charge in [0.05, 0.1) is 6.61 Å². The number of nitrogens with one attached hydrogen (secondary N) is 1. The average Bonchev–Trinajstić information content (AvgIpc) is 2.29. The number of amides is 1. The van der Waals surface area contributed by atoms with E-state index in [0.717, 1.165) is 5.56 Å². The summed E-state index contributed by atoms with van der Waals surface area (Å²) in [6.07, 6.45) is 0.446. The van der Waals surface area contributed by atoms with Gasteiger partial charge in [-0.3, -0.25) is 9.63 Å². The van der Waals surface area contributed by atoms with Gasteiger partial charge in [0, 0.05) is 27.1 Å². The van der Waals surface area contributed by atoms with Crippen LogP contribution in [0.25, 0.3) is 0 Å². The maximum atomic E-state index is 11.2. The maximum absolute atomic E-state index is 11.2. The van der Waals surface area contributed by atoms with E-state index >= 15 is 0 Å². The zero-order chi connectivity index (χ0) is 11.8. The highest BCUT2D eigenvalue weighted by atomic mass is 16.6. The molecule has 0 unspecified atom stereocenters. The van der Waals surface area contributed by atoms with Crippen molar-refractivity contribution < 1.29 is 9.63 Å². The second-order valence-electron chi connectivity index (χ2n) is 3.71. The minimum atomic E-state index is 0.0933. The van der Waals surface area contributed by atoms with E-state index in [2.05, 4.69) is 5.48 Å². The Labute approximate surface area is 96.2 Å². The van der Waals surface area contributed by atoms with E-state index < -0.39 is 0 Å². The zero-order valence-electron chi connectivity index (χ0n) is 9.77. The lowest BCUT2D eigenvalue weighted by atomic mass is 10.2. The third-order valence-electron chi connectivity index (χ3n) is 2.12. The van der Waals surface area contributed by atoms with Crippen molar-refractivity contribution in [3.63, 3.8) is 0 Å². The summed E-state index contributed by atoms with van der Waals surface area (Å²) in [6, 6.07) is 9.88. The summed E-state index contributed by atoms with van der Waals surface area (Å²) in [4.78, 5) is 18.0. The minimum Gasteiger partial charge on any atom is -0.349 e. The van der Waals surface area contributed by atoms with Crippen LogP contribution in [0.15, 0.2) is 30.3 Å². The van der Waals surface area contributed by atoms with Gasteiger partial charge in [-0.2, -0.15) is 0 Å². The van der Waals surface area contributed by atoms with Gasteiger partial charge in [-0.25, -0.2) is 5.48 Å². The molecular formula is C12H18N2O2. The molecule has 4 heteroatoms. The highest BCUT2D eigenvalue weighted by Gasteiger charge is 2.02. The van der Waals surface area contributed by atoms with Crippen molar-refractivity contribution in [2.75, 3.05) is 20.6 Å². The fourth-order valence-electron chi connectivity index (χ4n) is 1.16. The van der Waals surface area contributed by atoms with Gasteiger partial charge in [0.1, 0.15) is 0 Å². The van der Waals surface area contributed by atoms with Gasteiger partial charge in [0.25, 0.3) is 0 Å². The molecule has 0 aromatic heterocycles. The SMILES string of the molecule is CN(C)C(=O)CCNOCc1ccccc1. The molecule has 1 aromatic carbocycles. The Kier molecular flexibility index (Phi) is 5.53. The molecule has 0 saturated heterocycles. The molecular weight excluding hydrogens is 204 g/mol. The lowest BCUT2D eigenvalue weighted by Crippen LogP contribution is -2.26. The van der Waals surface area contributed by atoms with E-state index in [1.54, 1.807) is 19.0 Å². The van der Waals surface area contributed by atoms with Crippen LogP contribution in [0.4, 0.5) is 0 Å². The second-order valence-corrected chi connectivity index (χ2v) is 3.71. The molecule has 0 saturated carbocycles. The summed E-state index contributed by atoms with van der Waals surface area (Å²) >= 11 is 0. The van der Waals surface area contributed by atoms with Gasteiger partial charge < -0.3 is 4.90 Å². The Morgan fingerprint density at radius 3 is 2.62 bits per heavy atom. The number of hydrogen-bond donors (Lipinski definition) is 1. The first kappa shape index (κ1) is 12.7. The molecule has 88 valence electrons. The van der Waals surface area contributed by atoms with Crippen LogP contribution in [-0.2, 0) is 16.2 Å². The Morgan fingerprint density at radius 2 is 2.00 bits per heavy atom. The summed E-state index contributed by atoms with van der Waals surface area (Å²) in [7, 11) is 3.49. The monoisotopic (exact) mass is 222 g/mol. The third-order valence-corrected chi connectivity index (χ3v) is 2.12. The van der Waals surface area contributed by atoms with Crippen LogP contribution in [0.1, 0.15) is 12.0 Å². The van der Waals surface area contributed by atoms with Crippen LogP contribution in [-0.4, -0.2) is 31.4 Å². The van der Waals surface area contributed by atoms with Gasteiger partial charge in [-0.05, 0) is 5.56 Å². The third kappa shape index (κ3) is 4.91. The maximum Gasteiger partial charge on any atom is 0.223 e. The number of carbonyl (C=O) groups excluding carboxylic acids is 1. The standard InChI is InChI=1S/C12H18N2O2/c1-14(2)12(15)8-9-13-16-10-11-6-4-3-5-7-11/h3-7,13H,8-10H2,1-2H3. The first-order valence-electron chi connectivity index (χ1n) is 5.29. The highest BCUT2D eigenvalue weighted by Crippen LogP contribution is 1.98. The molecule has 0 aliphatic carbocycles. The molecule has 4 nitrogen and oxygen atoms in total. The Balaban J connectivity index is 2.07. The predicted octanol–water partition coefficient (Wildman–Crippen LogP) is 1.19. The van der Waals surface area contributed by atoms with Crippen molar-refractivity contribution in [2.45, 2.75) is 13.0 Å². The molecule has 1 amide bonds. The van der Waals surface area contributed by atoms with Crippen LogP contribution >= 0.6 is 0 Å². The normalized spacial score (nSPS) is 10.1. The molecule has 0 aliphatic heterocycles. The van der Waals surface area contributed by atoms with Crippen LogP contribution in [0.2, 0.25) is 0 Å². The average molecular weight is 222 g/mol. The molecule has 1 N–H and O–H groups in total. The molecule has 0 heterocycles. The molecule has 0 atom stereocenters. The number of benzene rings is 1. The van der Waals surface area contributed by atoms with Crippen LogP contribution < -0.4 is 5.48 Å². The van der Waals surface area contributed by atoms with Crippen molar-refractivity contribution in [1.29, 1.82) is 0 Å². The quantitative estimate of drug-likeness (QED) is 0.580. The molecule has 0 fully saturated rings. The van der Waals surface area contributed by atoms with Gasteiger partial charge in [0.15, 0.2) is 0 Å². The molecule has 0 bridgehead atoms. The number of rotatable bonds is 6. The summed E-state index contributed by atoms with van der Waals surface area (Å²) in [6.45, 7) is 1.04. The molecule has 1 rings (SSSR count). The largest absolute Gasteiger partial charge is 0.349 e. The fraction of sp³-hybridized carbons (Fsp3) is 0.417. The van der Waals surface area contributed by atoms with E-state index in [4.69, 9.17) is 4.84 Å². The Morgan fingerprint density at radius 1 is 1.31 bits per heavy atom. The Bertz CT molecular complexity index is 312. The van der Waals surface area contributed by atoms with Crippen molar-refractivity contribution in [2.24, 2.45) is 0 Å².